The van der Waals surface area contributed by atoms with Crippen molar-refractivity contribution in [1.82, 2.24) is 30.0 Å². The minimum atomic E-state index is 0.0847. The molecule has 0 spiro atoms. The highest BCUT2D eigenvalue weighted by molar-refractivity contribution is 5.94. The molecule has 1 aromatic carbocycles. The van der Waals surface area contributed by atoms with E-state index in [0.29, 0.717) is 5.56 Å². The van der Waals surface area contributed by atoms with Crippen molar-refractivity contribution in [3.8, 4) is 22.8 Å². The fourth-order valence-corrected chi connectivity index (χ4v) is 3.23. The second-order valence-corrected chi connectivity index (χ2v) is 6.64. The van der Waals surface area contributed by atoms with E-state index < -0.39 is 0 Å². The number of benzene rings is 1. The Balaban J connectivity index is 1.50. The molecule has 1 N–H and O–H groups in total. The van der Waals surface area contributed by atoms with Gasteiger partial charge in [0.1, 0.15) is 5.69 Å². The molecule has 0 radical (unpaired) electrons. The summed E-state index contributed by atoms with van der Waals surface area (Å²) in [5.41, 5.74) is 3.14. The molecule has 2 aromatic heterocycles. The van der Waals surface area contributed by atoms with Crippen LogP contribution < -0.4 is 5.32 Å². The number of rotatable bonds is 3. The summed E-state index contributed by atoms with van der Waals surface area (Å²) in [5.74, 6) is 0.864. The Bertz CT molecular complexity index is 908. The molecular weight excluding hydrogens is 340 g/mol. The number of hydrogen-bond donors (Lipinski definition) is 1. The van der Waals surface area contributed by atoms with Crippen LogP contribution in [-0.2, 0) is 7.05 Å². The second kappa shape index (κ2) is 7.67. The Morgan fingerprint density at radius 2 is 1.78 bits per heavy atom. The Labute approximate surface area is 158 Å². The van der Waals surface area contributed by atoms with E-state index in [2.05, 4.69) is 20.5 Å². The van der Waals surface area contributed by atoms with Gasteiger partial charge in [-0.3, -0.25) is 4.79 Å². The molecule has 1 amide bonds. The summed E-state index contributed by atoms with van der Waals surface area (Å²) in [5, 5.41) is 11.9. The van der Waals surface area contributed by atoms with E-state index in [1.54, 1.807) is 6.20 Å². The first-order valence-corrected chi connectivity index (χ1v) is 9.14. The first kappa shape index (κ1) is 17.4. The van der Waals surface area contributed by atoms with Crippen molar-refractivity contribution in [2.45, 2.75) is 6.42 Å². The van der Waals surface area contributed by atoms with Crippen molar-refractivity contribution in [2.75, 3.05) is 26.2 Å². The van der Waals surface area contributed by atoms with Crippen LogP contribution in [0.1, 0.15) is 16.8 Å². The van der Waals surface area contributed by atoms with Crippen LogP contribution in [0.15, 0.2) is 48.8 Å². The second-order valence-electron chi connectivity index (χ2n) is 6.64. The summed E-state index contributed by atoms with van der Waals surface area (Å²) < 4.78 is 1.91. The average Bonchev–Trinajstić information content (AvgIpc) is 2.97. The number of carbonyl (C=O) groups excluding carboxylic acids is 1. The van der Waals surface area contributed by atoms with Crippen LogP contribution in [0.4, 0.5) is 0 Å². The topological polar surface area (TPSA) is 75.9 Å². The quantitative estimate of drug-likeness (QED) is 0.771. The zero-order valence-electron chi connectivity index (χ0n) is 15.3. The smallest absolute Gasteiger partial charge is 0.253 e. The Morgan fingerprint density at radius 1 is 1.00 bits per heavy atom. The van der Waals surface area contributed by atoms with E-state index in [-0.39, 0.29) is 5.91 Å². The van der Waals surface area contributed by atoms with Crippen LogP contribution in [0.5, 0.6) is 0 Å². The van der Waals surface area contributed by atoms with E-state index in [1.807, 2.05) is 59.1 Å². The molecule has 0 aliphatic carbocycles. The van der Waals surface area contributed by atoms with Gasteiger partial charge in [0.15, 0.2) is 5.82 Å². The number of hydrogen-bond acceptors (Lipinski definition) is 5. The van der Waals surface area contributed by atoms with Gasteiger partial charge in [-0.25, -0.2) is 4.98 Å². The van der Waals surface area contributed by atoms with Gasteiger partial charge in [0.05, 0.1) is 5.69 Å². The van der Waals surface area contributed by atoms with E-state index >= 15 is 0 Å². The van der Waals surface area contributed by atoms with Crippen molar-refractivity contribution in [2.24, 2.45) is 7.05 Å². The van der Waals surface area contributed by atoms with Gasteiger partial charge in [0.2, 0.25) is 0 Å². The molecule has 7 heteroatoms. The number of amides is 1. The molecule has 0 bridgehead atoms. The Morgan fingerprint density at radius 3 is 2.48 bits per heavy atom. The molecular formula is C20H22N6O. The van der Waals surface area contributed by atoms with E-state index in [0.717, 1.165) is 55.4 Å². The number of nitrogens with zero attached hydrogens (tertiary/aromatic N) is 5. The SMILES string of the molecule is Cn1ccnc1-c1ccc(-c2ccc(C(=O)N3CCCNCC3)cc2)nn1. The van der Waals surface area contributed by atoms with E-state index in [9.17, 15) is 4.79 Å². The molecule has 1 saturated heterocycles. The minimum Gasteiger partial charge on any atom is -0.337 e. The third-order valence-corrected chi connectivity index (χ3v) is 4.77. The number of aryl methyl sites for hydroxylation is 1. The van der Waals surface area contributed by atoms with Crippen LogP contribution in [0.3, 0.4) is 0 Å². The van der Waals surface area contributed by atoms with Gasteiger partial charge in [-0.05, 0) is 37.2 Å². The van der Waals surface area contributed by atoms with Crippen LogP contribution in [-0.4, -0.2) is 56.7 Å². The first-order valence-electron chi connectivity index (χ1n) is 9.14. The van der Waals surface area contributed by atoms with Crippen molar-refractivity contribution in [3.05, 3.63) is 54.4 Å². The minimum absolute atomic E-state index is 0.0847. The third kappa shape index (κ3) is 3.73. The van der Waals surface area contributed by atoms with Crippen LogP contribution >= 0.6 is 0 Å². The van der Waals surface area contributed by atoms with Crippen LogP contribution in [0.25, 0.3) is 22.8 Å². The molecule has 27 heavy (non-hydrogen) atoms. The monoisotopic (exact) mass is 362 g/mol. The normalized spacial score (nSPS) is 14.8. The van der Waals surface area contributed by atoms with Crippen molar-refractivity contribution < 1.29 is 4.79 Å². The zero-order valence-corrected chi connectivity index (χ0v) is 15.3. The molecule has 138 valence electrons. The fourth-order valence-electron chi connectivity index (χ4n) is 3.23. The molecule has 4 rings (SSSR count). The molecule has 1 fully saturated rings. The molecule has 3 aromatic rings. The standard InChI is InChI=1S/C20H22N6O/c1-25-13-11-22-19(25)18-8-7-17(23-24-18)15-3-5-16(6-4-15)20(27)26-12-2-9-21-10-14-26/h3-8,11,13,21H,2,9-10,12,14H2,1H3. The summed E-state index contributed by atoms with van der Waals surface area (Å²) in [7, 11) is 1.92. The zero-order chi connectivity index (χ0) is 18.6. The molecule has 0 saturated carbocycles. The van der Waals surface area contributed by atoms with E-state index in [1.165, 1.54) is 0 Å². The summed E-state index contributed by atoms with van der Waals surface area (Å²) in [6.07, 6.45) is 4.60. The number of imidazole rings is 1. The highest BCUT2D eigenvalue weighted by Gasteiger charge is 2.17. The number of nitrogens with one attached hydrogen (secondary N) is 1. The van der Waals surface area contributed by atoms with Crippen molar-refractivity contribution >= 4 is 5.91 Å². The number of carbonyl (C=O) groups is 1. The fraction of sp³-hybridized carbons (Fsp3) is 0.300. The lowest BCUT2D eigenvalue weighted by atomic mass is 10.1. The molecule has 0 unspecified atom stereocenters. The molecule has 3 heterocycles. The van der Waals surface area contributed by atoms with Gasteiger partial charge < -0.3 is 14.8 Å². The molecule has 1 aliphatic heterocycles. The third-order valence-electron chi connectivity index (χ3n) is 4.77. The summed E-state index contributed by atoms with van der Waals surface area (Å²) in [6, 6.07) is 11.4. The van der Waals surface area contributed by atoms with Gasteiger partial charge in [-0.15, -0.1) is 10.2 Å². The summed E-state index contributed by atoms with van der Waals surface area (Å²) in [6.45, 7) is 3.37. The Kier molecular flexibility index (Phi) is 4.93. The summed E-state index contributed by atoms with van der Waals surface area (Å²) >= 11 is 0. The van der Waals surface area contributed by atoms with Crippen molar-refractivity contribution in [3.63, 3.8) is 0 Å². The van der Waals surface area contributed by atoms with Gasteiger partial charge in [0, 0.05) is 50.2 Å². The van der Waals surface area contributed by atoms with Crippen LogP contribution in [0, 0.1) is 0 Å². The first-order chi connectivity index (χ1) is 13.2. The lowest BCUT2D eigenvalue weighted by Gasteiger charge is -2.20. The Hall–Kier alpha value is -3.06. The largest absolute Gasteiger partial charge is 0.337 e. The van der Waals surface area contributed by atoms with Crippen molar-refractivity contribution in [1.29, 1.82) is 0 Å². The predicted octanol–water partition coefficient (Wildman–Crippen LogP) is 1.98. The van der Waals surface area contributed by atoms with Gasteiger partial charge in [-0.2, -0.15) is 0 Å². The molecule has 0 atom stereocenters. The van der Waals surface area contributed by atoms with Crippen LogP contribution in [0.2, 0.25) is 0 Å². The maximum absolute atomic E-state index is 12.7. The number of aromatic nitrogens is 4. The molecule has 1 aliphatic rings. The van der Waals surface area contributed by atoms with E-state index in [4.69, 9.17) is 0 Å². The highest BCUT2D eigenvalue weighted by atomic mass is 16.2. The lowest BCUT2D eigenvalue weighted by Crippen LogP contribution is -2.34. The maximum Gasteiger partial charge on any atom is 0.253 e. The van der Waals surface area contributed by atoms with Gasteiger partial charge in [0.25, 0.3) is 5.91 Å². The maximum atomic E-state index is 12.7. The molecule has 7 nitrogen and oxygen atoms in total. The lowest BCUT2D eigenvalue weighted by molar-refractivity contribution is 0.0766. The predicted molar refractivity (Wildman–Crippen MR) is 103 cm³/mol. The van der Waals surface area contributed by atoms with Gasteiger partial charge in [-0.1, -0.05) is 12.1 Å². The average molecular weight is 362 g/mol. The van der Waals surface area contributed by atoms with Gasteiger partial charge >= 0.3 is 0 Å². The highest BCUT2D eigenvalue weighted by Crippen LogP contribution is 2.20. The summed E-state index contributed by atoms with van der Waals surface area (Å²) in [4.78, 5) is 18.9.